The maximum atomic E-state index is 12.7. The third-order valence-electron chi connectivity index (χ3n) is 3.80. The number of ether oxygens (including phenoxy) is 2. The lowest BCUT2D eigenvalue weighted by molar-refractivity contribution is 0.415. The van der Waals surface area contributed by atoms with Gasteiger partial charge in [-0.15, -0.1) is 0 Å². The van der Waals surface area contributed by atoms with E-state index < -0.39 is 0 Å². The van der Waals surface area contributed by atoms with Gasteiger partial charge < -0.3 is 14.0 Å². The van der Waals surface area contributed by atoms with Crippen LogP contribution < -0.4 is 14.9 Å². The van der Waals surface area contributed by atoms with E-state index in [0.29, 0.717) is 10.9 Å². The number of benzene rings is 2. The highest BCUT2D eigenvalue weighted by molar-refractivity contribution is 5.85. The molecule has 3 rings (SSSR count). The molecule has 22 heavy (non-hydrogen) atoms. The first kappa shape index (κ1) is 14.2. The number of aryl methyl sites for hydroxylation is 1. The summed E-state index contributed by atoms with van der Waals surface area (Å²) in [5, 5.41) is 0.677. The molecular formula is C18H17NO3. The lowest BCUT2D eigenvalue weighted by Gasteiger charge is -2.11. The standard InChI is InChI=1S/C18H17NO3/c1-19-11-16(12-4-6-13(21-2)7-5-12)18(20)15-9-8-14(22-3)10-17(15)19/h4-11H,1-3H3. The Hall–Kier alpha value is -2.75. The predicted octanol–water partition coefficient (Wildman–Crippen LogP) is 3.22. The smallest absolute Gasteiger partial charge is 0.197 e. The molecule has 0 atom stereocenters. The quantitative estimate of drug-likeness (QED) is 0.745. The molecule has 0 aliphatic heterocycles. The Bertz CT molecular complexity index is 879. The number of nitrogens with zero attached hydrogens (tertiary/aromatic N) is 1. The van der Waals surface area contributed by atoms with E-state index in [1.807, 2.05) is 60.3 Å². The monoisotopic (exact) mass is 295 g/mol. The number of hydrogen-bond acceptors (Lipinski definition) is 3. The molecule has 0 bridgehead atoms. The van der Waals surface area contributed by atoms with Gasteiger partial charge in [-0.05, 0) is 29.8 Å². The van der Waals surface area contributed by atoms with E-state index in [1.54, 1.807) is 14.2 Å². The highest BCUT2D eigenvalue weighted by atomic mass is 16.5. The summed E-state index contributed by atoms with van der Waals surface area (Å²) >= 11 is 0. The molecule has 4 nitrogen and oxygen atoms in total. The molecule has 1 aromatic heterocycles. The zero-order valence-electron chi connectivity index (χ0n) is 12.8. The number of methoxy groups -OCH3 is 2. The van der Waals surface area contributed by atoms with Crippen molar-refractivity contribution in [3.63, 3.8) is 0 Å². The fourth-order valence-corrected chi connectivity index (χ4v) is 2.57. The molecule has 0 aliphatic carbocycles. The molecule has 1 heterocycles. The van der Waals surface area contributed by atoms with E-state index in [4.69, 9.17) is 9.47 Å². The molecule has 0 unspecified atom stereocenters. The van der Waals surface area contributed by atoms with Crippen molar-refractivity contribution in [2.24, 2.45) is 7.05 Å². The van der Waals surface area contributed by atoms with Gasteiger partial charge in [0.1, 0.15) is 11.5 Å². The molecule has 3 aromatic rings. The van der Waals surface area contributed by atoms with E-state index in [9.17, 15) is 4.79 Å². The first-order valence-corrected chi connectivity index (χ1v) is 6.96. The fraction of sp³-hybridized carbons (Fsp3) is 0.167. The van der Waals surface area contributed by atoms with Gasteiger partial charge in [-0.2, -0.15) is 0 Å². The van der Waals surface area contributed by atoms with Crippen molar-refractivity contribution in [1.82, 2.24) is 4.57 Å². The number of rotatable bonds is 3. The lowest BCUT2D eigenvalue weighted by Crippen LogP contribution is -2.10. The number of pyridine rings is 1. The summed E-state index contributed by atoms with van der Waals surface area (Å²) in [6.45, 7) is 0. The highest BCUT2D eigenvalue weighted by Gasteiger charge is 2.10. The fourth-order valence-electron chi connectivity index (χ4n) is 2.57. The molecule has 0 saturated heterocycles. The van der Waals surface area contributed by atoms with Crippen LogP contribution in [-0.2, 0) is 7.05 Å². The molecule has 4 heteroatoms. The summed E-state index contributed by atoms with van der Waals surface area (Å²) in [5.74, 6) is 1.51. The number of aromatic nitrogens is 1. The summed E-state index contributed by atoms with van der Waals surface area (Å²) in [6, 6.07) is 13.0. The van der Waals surface area contributed by atoms with Crippen LogP contribution in [0.5, 0.6) is 11.5 Å². The average molecular weight is 295 g/mol. The van der Waals surface area contributed by atoms with Crippen molar-refractivity contribution in [3.8, 4) is 22.6 Å². The van der Waals surface area contributed by atoms with Crippen molar-refractivity contribution in [2.45, 2.75) is 0 Å². The topological polar surface area (TPSA) is 40.5 Å². The molecule has 0 aliphatic rings. The second-order valence-corrected chi connectivity index (χ2v) is 5.09. The highest BCUT2D eigenvalue weighted by Crippen LogP contribution is 2.24. The second kappa shape index (κ2) is 5.56. The minimum atomic E-state index is 0.0147. The largest absolute Gasteiger partial charge is 0.497 e. The van der Waals surface area contributed by atoms with Gasteiger partial charge in [-0.25, -0.2) is 0 Å². The molecule has 0 N–H and O–H groups in total. The van der Waals surface area contributed by atoms with Gasteiger partial charge in [0.15, 0.2) is 5.43 Å². The van der Waals surface area contributed by atoms with Gasteiger partial charge in [0, 0.05) is 30.3 Å². The Kier molecular flexibility index (Phi) is 3.59. The third kappa shape index (κ3) is 2.33. The van der Waals surface area contributed by atoms with Crippen LogP contribution in [0.2, 0.25) is 0 Å². The summed E-state index contributed by atoms with van der Waals surface area (Å²) < 4.78 is 12.3. The van der Waals surface area contributed by atoms with Crippen molar-refractivity contribution < 1.29 is 9.47 Å². The molecule has 0 saturated carbocycles. The van der Waals surface area contributed by atoms with Crippen LogP contribution in [0.4, 0.5) is 0 Å². The molecule has 0 fully saturated rings. The Labute approximate surface area is 128 Å². The van der Waals surface area contributed by atoms with Gasteiger partial charge in [-0.3, -0.25) is 4.79 Å². The van der Waals surface area contributed by atoms with Crippen molar-refractivity contribution in [2.75, 3.05) is 14.2 Å². The summed E-state index contributed by atoms with van der Waals surface area (Å²) in [6.07, 6.45) is 1.85. The van der Waals surface area contributed by atoms with Crippen LogP contribution >= 0.6 is 0 Å². The van der Waals surface area contributed by atoms with E-state index >= 15 is 0 Å². The minimum absolute atomic E-state index is 0.0147. The van der Waals surface area contributed by atoms with E-state index in [-0.39, 0.29) is 5.43 Å². The first-order valence-electron chi connectivity index (χ1n) is 6.96. The Morgan fingerprint density at radius 2 is 1.55 bits per heavy atom. The predicted molar refractivity (Wildman–Crippen MR) is 87.7 cm³/mol. The van der Waals surface area contributed by atoms with Gasteiger partial charge in [0.05, 0.1) is 19.7 Å². The number of fused-ring (bicyclic) bond motifs is 1. The van der Waals surface area contributed by atoms with Gasteiger partial charge in [-0.1, -0.05) is 12.1 Å². The summed E-state index contributed by atoms with van der Waals surface area (Å²) in [4.78, 5) is 12.7. The molecule has 0 amide bonds. The molecule has 0 spiro atoms. The Morgan fingerprint density at radius 3 is 2.18 bits per heavy atom. The second-order valence-electron chi connectivity index (χ2n) is 5.09. The molecule has 112 valence electrons. The van der Waals surface area contributed by atoms with E-state index in [1.165, 1.54) is 0 Å². The molecular weight excluding hydrogens is 278 g/mol. The van der Waals surface area contributed by atoms with Crippen LogP contribution in [0.3, 0.4) is 0 Å². The van der Waals surface area contributed by atoms with Crippen molar-refractivity contribution in [3.05, 3.63) is 58.9 Å². The lowest BCUT2D eigenvalue weighted by atomic mass is 10.0. The van der Waals surface area contributed by atoms with Crippen LogP contribution in [-0.4, -0.2) is 18.8 Å². The van der Waals surface area contributed by atoms with E-state index in [0.717, 1.165) is 22.6 Å². The number of hydrogen-bond donors (Lipinski definition) is 0. The first-order chi connectivity index (χ1) is 10.6. The average Bonchev–Trinajstić information content (AvgIpc) is 2.57. The van der Waals surface area contributed by atoms with Crippen LogP contribution in [0.25, 0.3) is 22.0 Å². The summed E-state index contributed by atoms with van der Waals surface area (Å²) in [7, 11) is 5.16. The van der Waals surface area contributed by atoms with Gasteiger partial charge in [0.25, 0.3) is 0 Å². The zero-order chi connectivity index (χ0) is 15.7. The van der Waals surface area contributed by atoms with Crippen LogP contribution in [0, 0.1) is 0 Å². The van der Waals surface area contributed by atoms with Gasteiger partial charge in [0.2, 0.25) is 0 Å². The summed E-state index contributed by atoms with van der Waals surface area (Å²) in [5.41, 5.74) is 2.41. The molecule has 2 aromatic carbocycles. The zero-order valence-corrected chi connectivity index (χ0v) is 12.8. The Balaban J connectivity index is 2.22. The Morgan fingerprint density at radius 1 is 0.909 bits per heavy atom. The normalized spacial score (nSPS) is 10.7. The maximum absolute atomic E-state index is 12.7. The minimum Gasteiger partial charge on any atom is -0.497 e. The molecule has 0 radical (unpaired) electrons. The van der Waals surface area contributed by atoms with Gasteiger partial charge >= 0.3 is 0 Å². The van der Waals surface area contributed by atoms with Crippen LogP contribution in [0.1, 0.15) is 0 Å². The van der Waals surface area contributed by atoms with E-state index in [2.05, 4.69) is 0 Å². The third-order valence-corrected chi connectivity index (χ3v) is 3.80. The van der Waals surface area contributed by atoms with Crippen LogP contribution in [0.15, 0.2) is 53.5 Å². The van der Waals surface area contributed by atoms with Crippen molar-refractivity contribution in [1.29, 1.82) is 0 Å². The maximum Gasteiger partial charge on any atom is 0.197 e. The van der Waals surface area contributed by atoms with Crippen molar-refractivity contribution >= 4 is 10.9 Å². The SMILES string of the molecule is COc1ccc(-c2cn(C)c3cc(OC)ccc3c2=O)cc1.